The second-order valence-corrected chi connectivity index (χ2v) is 2.65. The van der Waals surface area contributed by atoms with Gasteiger partial charge in [0.05, 0.1) is 6.61 Å². The third-order valence-corrected chi connectivity index (χ3v) is 1.93. The molecule has 64 valence electrons. The molecular weight excluding hydrogens is 162 g/mol. The lowest BCUT2D eigenvalue weighted by atomic mass is 9.98. The molecule has 1 saturated heterocycles. The fourth-order valence-electron chi connectivity index (χ4n) is 1.32. The Hall–Kier alpha value is -0.230. The maximum atomic E-state index is 5.31. The van der Waals surface area contributed by atoms with Gasteiger partial charge in [0.1, 0.15) is 0 Å². The highest BCUT2D eigenvalue weighted by molar-refractivity contribution is 5.85. The van der Waals surface area contributed by atoms with Crippen molar-refractivity contribution >= 4 is 12.4 Å². The first-order chi connectivity index (χ1) is 4.88. The lowest BCUT2D eigenvalue weighted by molar-refractivity contribution is 0.150. The monoisotopic (exact) mass is 175 g/mol. The molecule has 3 heteroatoms. The van der Waals surface area contributed by atoms with Gasteiger partial charge in [0, 0.05) is 32.0 Å². The average molecular weight is 176 g/mol. The Kier molecular flexibility index (Phi) is 5.31. The summed E-state index contributed by atoms with van der Waals surface area (Å²) in [5.74, 6) is 3.65. The van der Waals surface area contributed by atoms with Crippen LogP contribution >= 0.6 is 12.4 Å². The number of nitrogens with one attached hydrogen (secondary N) is 1. The van der Waals surface area contributed by atoms with Gasteiger partial charge in [-0.2, -0.15) is 0 Å². The average Bonchev–Trinajstić information content (AvgIpc) is 2.36. The highest BCUT2D eigenvalue weighted by atomic mass is 35.5. The summed E-state index contributed by atoms with van der Waals surface area (Å²) in [6, 6.07) is 0. The zero-order valence-electron chi connectivity index (χ0n) is 6.67. The Bertz CT molecular complexity index is 144. The Morgan fingerprint density at radius 1 is 1.64 bits per heavy atom. The van der Waals surface area contributed by atoms with Crippen LogP contribution in [0.2, 0.25) is 0 Å². The molecule has 1 fully saturated rings. The molecule has 2 nitrogen and oxygen atoms in total. The Morgan fingerprint density at radius 2 is 2.36 bits per heavy atom. The first-order valence-electron chi connectivity index (χ1n) is 3.54. The van der Waals surface area contributed by atoms with Crippen molar-refractivity contribution in [2.75, 3.05) is 26.8 Å². The fraction of sp³-hybridized carbons (Fsp3) is 0.750. The largest absolute Gasteiger partial charge is 0.384 e. The van der Waals surface area contributed by atoms with Crippen LogP contribution in [0.15, 0.2) is 0 Å². The van der Waals surface area contributed by atoms with E-state index in [1.54, 1.807) is 7.11 Å². The molecule has 0 aromatic rings. The highest BCUT2D eigenvalue weighted by Crippen LogP contribution is 2.15. The molecule has 1 heterocycles. The van der Waals surface area contributed by atoms with E-state index in [0.717, 1.165) is 19.7 Å². The quantitative estimate of drug-likeness (QED) is 0.619. The molecule has 0 spiro atoms. The summed E-state index contributed by atoms with van der Waals surface area (Å²) in [6.45, 7) is 2.73. The second kappa shape index (κ2) is 5.42. The van der Waals surface area contributed by atoms with Crippen molar-refractivity contribution in [2.24, 2.45) is 11.8 Å². The van der Waals surface area contributed by atoms with E-state index in [4.69, 9.17) is 11.2 Å². The number of terminal acetylenes is 1. The van der Waals surface area contributed by atoms with Crippen LogP contribution in [0.25, 0.3) is 0 Å². The van der Waals surface area contributed by atoms with Crippen molar-refractivity contribution in [2.45, 2.75) is 0 Å². The summed E-state index contributed by atoms with van der Waals surface area (Å²) in [5, 5.41) is 3.24. The Labute approximate surface area is 74.1 Å². The molecule has 0 aromatic heterocycles. The van der Waals surface area contributed by atoms with Gasteiger partial charge in [-0.1, -0.05) is 0 Å². The summed E-state index contributed by atoms with van der Waals surface area (Å²) in [7, 11) is 1.71. The minimum Gasteiger partial charge on any atom is -0.384 e. The number of hydrogen-bond donors (Lipinski definition) is 1. The maximum absolute atomic E-state index is 5.31. The van der Waals surface area contributed by atoms with Gasteiger partial charge in [-0.15, -0.1) is 24.8 Å². The first-order valence-corrected chi connectivity index (χ1v) is 3.54. The zero-order chi connectivity index (χ0) is 7.40. The van der Waals surface area contributed by atoms with Gasteiger partial charge in [-0.25, -0.2) is 0 Å². The first kappa shape index (κ1) is 10.8. The lowest BCUT2D eigenvalue weighted by Gasteiger charge is -2.10. The number of hydrogen-bond acceptors (Lipinski definition) is 2. The maximum Gasteiger partial charge on any atom is 0.0514 e. The zero-order valence-corrected chi connectivity index (χ0v) is 7.49. The molecule has 0 bridgehead atoms. The third kappa shape index (κ3) is 2.70. The molecule has 0 aromatic carbocycles. The Morgan fingerprint density at radius 3 is 2.91 bits per heavy atom. The molecule has 1 N–H and O–H groups in total. The molecule has 1 aliphatic rings. The summed E-state index contributed by atoms with van der Waals surface area (Å²) in [6.07, 6.45) is 5.31. The molecule has 0 aliphatic carbocycles. The Balaban J connectivity index is 0.000001000. The SMILES string of the molecule is C#C[C@@H]1CNC[C@@H]1COC.Cl. The molecular formula is C8H14ClNO. The van der Waals surface area contributed by atoms with Gasteiger partial charge in [0.2, 0.25) is 0 Å². The van der Waals surface area contributed by atoms with Crippen LogP contribution in [0.3, 0.4) is 0 Å². The third-order valence-electron chi connectivity index (χ3n) is 1.93. The number of ether oxygens (including phenoxy) is 1. The molecule has 11 heavy (non-hydrogen) atoms. The van der Waals surface area contributed by atoms with Crippen molar-refractivity contribution in [1.29, 1.82) is 0 Å². The van der Waals surface area contributed by atoms with E-state index in [1.165, 1.54) is 0 Å². The van der Waals surface area contributed by atoms with Crippen LogP contribution in [-0.2, 0) is 4.74 Å². The fourth-order valence-corrected chi connectivity index (χ4v) is 1.32. The predicted octanol–water partition coefficient (Wildman–Crippen LogP) is 0.523. The van der Waals surface area contributed by atoms with E-state index in [2.05, 4.69) is 11.2 Å². The lowest BCUT2D eigenvalue weighted by Crippen LogP contribution is -2.16. The van der Waals surface area contributed by atoms with Gasteiger partial charge in [0.15, 0.2) is 0 Å². The van der Waals surface area contributed by atoms with Crippen molar-refractivity contribution in [1.82, 2.24) is 5.32 Å². The topological polar surface area (TPSA) is 21.3 Å². The van der Waals surface area contributed by atoms with E-state index in [1.807, 2.05) is 0 Å². The van der Waals surface area contributed by atoms with E-state index in [0.29, 0.717) is 11.8 Å². The van der Waals surface area contributed by atoms with Gasteiger partial charge >= 0.3 is 0 Å². The molecule has 1 aliphatic heterocycles. The van der Waals surface area contributed by atoms with Crippen molar-refractivity contribution in [3.8, 4) is 12.3 Å². The van der Waals surface area contributed by atoms with Crippen LogP contribution in [0.5, 0.6) is 0 Å². The van der Waals surface area contributed by atoms with Crippen LogP contribution in [-0.4, -0.2) is 26.8 Å². The van der Waals surface area contributed by atoms with Crippen molar-refractivity contribution < 1.29 is 4.74 Å². The number of halogens is 1. The van der Waals surface area contributed by atoms with Gasteiger partial charge < -0.3 is 10.1 Å². The molecule has 0 unspecified atom stereocenters. The summed E-state index contributed by atoms with van der Waals surface area (Å²) < 4.78 is 5.02. The van der Waals surface area contributed by atoms with Gasteiger partial charge in [-0.3, -0.25) is 0 Å². The molecule has 0 radical (unpaired) electrons. The van der Waals surface area contributed by atoms with Crippen LogP contribution in [0, 0.1) is 24.2 Å². The normalized spacial score (nSPS) is 29.1. The minimum atomic E-state index is 0. The summed E-state index contributed by atoms with van der Waals surface area (Å²) >= 11 is 0. The molecule has 0 amide bonds. The van der Waals surface area contributed by atoms with Crippen LogP contribution in [0.4, 0.5) is 0 Å². The van der Waals surface area contributed by atoms with E-state index < -0.39 is 0 Å². The van der Waals surface area contributed by atoms with Crippen LogP contribution in [0.1, 0.15) is 0 Å². The van der Waals surface area contributed by atoms with E-state index >= 15 is 0 Å². The highest BCUT2D eigenvalue weighted by Gasteiger charge is 2.24. The summed E-state index contributed by atoms with van der Waals surface area (Å²) in [5.41, 5.74) is 0. The van der Waals surface area contributed by atoms with E-state index in [-0.39, 0.29) is 12.4 Å². The number of methoxy groups -OCH3 is 1. The summed E-state index contributed by atoms with van der Waals surface area (Å²) in [4.78, 5) is 0. The van der Waals surface area contributed by atoms with E-state index in [9.17, 15) is 0 Å². The molecule has 1 rings (SSSR count). The minimum absolute atomic E-state index is 0. The second-order valence-electron chi connectivity index (χ2n) is 2.65. The number of rotatable bonds is 2. The molecule has 2 atom stereocenters. The molecule has 0 saturated carbocycles. The van der Waals surface area contributed by atoms with Gasteiger partial charge in [-0.05, 0) is 0 Å². The van der Waals surface area contributed by atoms with Crippen molar-refractivity contribution in [3.63, 3.8) is 0 Å². The van der Waals surface area contributed by atoms with Gasteiger partial charge in [0.25, 0.3) is 0 Å². The standard InChI is InChI=1S/C8H13NO.ClH/c1-3-7-4-9-5-8(7)6-10-2;/h1,7-9H,4-6H2,2H3;1H/t7-,8-;/m1./s1. The van der Waals surface area contributed by atoms with Crippen LogP contribution < -0.4 is 5.32 Å². The smallest absolute Gasteiger partial charge is 0.0514 e. The predicted molar refractivity (Wildman–Crippen MR) is 47.8 cm³/mol. The van der Waals surface area contributed by atoms with Crippen molar-refractivity contribution in [3.05, 3.63) is 0 Å².